The van der Waals surface area contributed by atoms with E-state index in [2.05, 4.69) is 5.32 Å². The molecule has 1 aliphatic carbocycles. The molecule has 3 rings (SSSR count). The number of para-hydroxylation sites is 2. The first-order valence-electron chi connectivity index (χ1n) is 7.69. The largest absolute Gasteiger partial charge is 0.482 e. The molecule has 1 saturated carbocycles. The lowest BCUT2D eigenvalue weighted by Crippen LogP contribution is -2.21. The summed E-state index contributed by atoms with van der Waals surface area (Å²) in [6.07, 6.45) is -3.97. The van der Waals surface area contributed by atoms with Crippen molar-refractivity contribution in [3.63, 3.8) is 0 Å². The van der Waals surface area contributed by atoms with E-state index in [4.69, 9.17) is 4.74 Å². The Bertz CT molecular complexity index is 776. The van der Waals surface area contributed by atoms with E-state index in [0.29, 0.717) is 12.0 Å². The van der Waals surface area contributed by atoms with Gasteiger partial charge in [0.05, 0.1) is 5.69 Å². The number of amides is 1. The SMILES string of the molecule is O=C(Nc1ccccc1OCC(F)(F)F)C1CC1c1ccccc1F. The number of halogens is 4. The Balaban J connectivity index is 1.66. The van der Waals surface area contributed by atoms with Gasteiger partial charge in [0.25, 0.3) is 0 Å². The van der Waals surface area contributed by atoms with Gasteiger partial charge in [-0.2, -0.15) is 13.2 Å². The Hall–Kier alpha value is -2.57. The molecule has 2 atom stereocenters. The third-order valence-corrected chi connectivity index (χ3v) is 3.97. The highest BCUT2D eigenvalue weighted by atomic mass is 19.4. The zero-order chi connectivity index (χ0) is 18.0. The molecule has 1 N–H and O–H groups in total. The Kier molecular flexibility index (Phi) is 4.65. The van der Waals surface area contributed by atoms with E-state index in [9.17, 15) is 22.4 Å². The normalized spacial score (nSPS) is 19.4. The van der Waals surface area contributed by atoms with Crippen LogP contribution in [0.5, 0.6) is 5.75 Å². The lowest BCUT2D eigenvalue weighted by atomic mass is 10.1. The highest BCUT2D eigenvalue weighted by Crippen LogP contribution is 2.49. The molecular weight excluding hydrogens is 338 g/mol. The number of ether oxygens (including phenoxy) is 1. The average Bonchev–Trinajstić information content (AvgIpc) is 3.34. The van der Waals surface area contributed by atoms with E-state index in [-0.39, 0.29) is 29.1 Å². The van der Waals surface area contributed by atoms with Gasteiger partial charge in [0.2, 0.25) is 5.91 Å². The summed E-state index contributed by atoms with van der Waals surface area (Å²) >= 11 is 0. The van der Waals surface area contributed by atoms with E-state index in [1.165, 1.54) is 24.3 Å². The van der Waals surface area contributed by atoms with Crippen LogP contribution in [0, 0.1) is 11.7 Å². The molecule has 2 unspecified atom stereocenters. The monoisotopic (exact) mass is 353 g/mol. The average molecular weight is 353 g/mol. The predicted molar refractivity (Wildman–Crippen MR) is 83.9 cm³/mol. The van der Waals surface area contributed by atoms with Crippen molar-refractivity contribution in [2.45, 2.75) is 18.5 Å². The van der Waals surface area contributed by atoms with Gasteiger partial charge in [0.1, 0.15) is 11.6 Å². The first kappa shape index (κ1) is 17.3. The number of carbonyl (C=O) groups is 1. The minimum absolute atomic E-state index is 0.0590. The molecule has 132 valence electrons. The van der Waals surface area contributed by atoms with E-state index >= 15 is 0 Å². The lowest BCUT2D eigenvalue weighted by Gasteiger charge is -2.13. The van der Waals surface area contributed by atoms with Gasteiger partial charge in [0.15, 0.2) is 6.61 Å². The second kappa shape index (κ2) is 6.74. The van der Waals surface area contributed by atoms with Crippen LogP contribution >= 0.6 is 0 Å². The quantitative estimate of drug-likeness (QED) is 0.804. The lowest BCUT2D eigenvalue weighted by molar-refractivity contribution is -0.153. The van der Waals surface area contributed by atoms with Gasteiger partial charge in [-0.1, -0.05) is 30.3 Å². The first-order valence-corrected chi connectivity index (χ1v) is 7.69. The van der Waals surface area contributed by atoms with Crippen LogP contribution in [-0.2, 0) is 4.79 Å². The van der Waals surface area contributed by atoms with E-state index in [1.807, 2.05) is 0 Å². The highest BCUT2D eigenvalue weighted by molar-refractivity contribution is 5.96. The molecule has 0 aromatic heterocycles. The minimum atomic E-state index is -4.47. The molecule has 0 radical (unpaired) electrons. The first-order chi connectivity index (χ1) is 11.8. The van der Waals surface area contributed by atoms with Crippen LogP contribution in [0.4, 0.5) is 23.2 Å². The van der Waals surface area contributed by atoms with Crippen LogP contribution < -0.4 is 10.1 Å². The number of hydrogen-bond donors (Lipinski definition) is 1. The Labute approximate surface area is 141 Å². The molecule has 0 aliphatic heterocycles. The maximum absolute atomic E-state index is 13.8. The second-order valence-electron chi connectivity index (χ2n) is 5.86. The molecule has 2 aromatic rings. The molecule has 2 aromatic carbocycles. The number of nitrogens with one attached hydrogen (secondary N) is 1. The van der Waals surface area contributed by atoms with Gasteiger partial charge in [-0.3, -0.25) is 4.79 Å². The fourth-order valence-electron chi connectivity index (χ4n) is 2.69. The maximum Gasteiger partial charge on any atom is 0.422 e. The smallest absolute Gasteiger partial charge is 0.422 e. The third kappa shape index (κ3) is 4.29. The van der Waals surface area contributed by atoms with E-state index in [0.717, 1.165) is 0 Å². The summed E-state index contributed by atoms with van der Waals surface area (Å²) in [4.78, 5) is 12.3. The van der Waals surface area contributed by atoms with Crippen molar-refractivity contribution >= 4 is 11.6 Å². The zero-order valence-corrected chi connectivity index (χ0v) is 13.0. The second-order valence-corrected chi connectivity index (χ2v) is 5.86. The Morgan fingerprint density at radius 1 is 1.12 bits per heavy atom. The number of rotatable bonds is 5. The number of benzene rings is 2. The van der Waals surface area contributed by atoms with E-state index < -0.39 is 18.7 Å². The van der Waals surface area contributed by atoms with Gasteiger partial charge >= 0.3 is 6.18 Å². The summed E-state index contributed by atoms with van der Waals surface area (Å²) in [5, 5.41) is 2.57. The summed E-state index contributed by atoms with van der Waals surface area (Å²) in [6, 6.07) is 12.2. The molecule has 0 spiro atoms. The summed E-state index contributed by atoms with van der Waals surface area (Å²) < 4.78 is 55.4. The van der Waals surface area contributed by atoms with Gasteiger partial charge in [-0.25, -0.2) is 4.39 Å². The van der Waals surface area contributed by atoms with Gasteiger partial charge < -0.3 is 10.1 Å². The van der Waals surface area contributed by atoms with Crippen molar-refractivity contribution in [1.29, 1.82) is 0 Å². The Morgan fingerprint density at radius 2 is 1.80 bits per heavy atom. The van der Waals surface area contributed by atoms with E-state index in [1.54, 1.807) is 24.3 Å². The van der Waals surface area contributed by atoms with Crippen LogP contribution in [0.15, 0.2) is 48.5 Å². The van der Waals surface area contributed by atoms with Gasteiger partial charge in [-0.05, 0) is 36.1 Å². The molecule has 0 bridgehead atoms. The molecule has 0 heterocycles. The van der Waals surface area contributed by atoms with Crippen LogP contribution in [-0.4, -0.2) is 18.7 Å². The Morgan fingerprint density at radius 3 is 2.52 bits per heavy atom. The van der Waals surface area contributed by atoms with Crippen LogP contribution in [0.3, 0.4) is 0 Å². The van der Waals surface area contributed by atoms with Crippen molar-refractivity contribution in [2.75, 3.05) is 11.9 Å². The summed E-state index contributed by atoms with van der Waals surface area (Å²) in [5.41, 5.74) is 0.639. The molecule has 1 fully saturated rings. The number of anilines is 1. The van der Waals surface area contributed by atoms with Crippen molar-refractivity contribution in [3.8, 4) is 5.75 Å². The fraction of sp³-hybridized carbons (Fsp3) is 0.278. The number of hydrogen-bond acceptors (Lipinski definition) is 2. The van der Waals surface area contributed by atoms with Crippen molar-refractivity contribution in [2.24, 2.45) is 5.92 Å². The summed E-state index contributed by atoms with van der Waals surface area (Å²) in [5.74, 6) is -1.42. The van der Waals surface area contributed by atoms with Gasteiger partial charge in [-0.15, -0.1) is 0 Å². The summed E-state index contributed by atoms with van der Waals surface area (Å²) in [7, 11) is 0. The molecule has 25 heavy (non-hydrogen) atoms. The molecule has 1 amide bonds. The van der Waals surface area contributed by atoms with Crippen LogP contribution in [0.1, 0.15) is 17.9 Å². The molecule has 0 saturated heterocycles. The maximum atomic E-state index is 13.8. The molecule has 1 aliphatic rings. The minimum Gasteiger partial charge on any atom is -0.482 e. The topological polar surface area (TPSA) is 38.3 Å². The zero-order valence-electron chi connectivity index (χ0n) is 13.0. The predicted octanol–water partition coefficient (Wildman–Crippen LogP) is 4.51. The number of alkyl halides is 3. The molecule has 7 heteroatoms. The third-order valence-electron chi connectivity index (χ3n) is 3.97. The van der Waals surface area contributed by atoms with Crippen molar-refractivity contribution in [1.82, 2.24) is 0 Å². The highest BCUT2D eigenvalue weighted by Gasteiger charge is 2.45. The van der Waals surface area contributed by atoms with Crippen molar-refractivity contribution < 1.29 is 27.1 Å². The fourth-order valence-corrected chi connectivity index (χ4v) is 2.69. The van der Waals surface area contributed by atoms with Gasteiger partial charge in [0, 0.05) is 5.92 Å². The molecule has 3 nitrogen and oxygen atoms in total. The standard InChI is InChI=1S/C18H15F4NO2/c19-14-6-2-1-5-11(14)12-9-13(12)17(24)23-15-7-3-4-8-16(15)25-10-18(20,21)22/h1-8,12-13H,9-10H2,(H,23,24). The van der Waals surface area contributed by atoms with Crippen LogP contribution in [0.25, 0.3) is 0 Å². The number of carbonyl (C=O) groups excluding carboxylic acids is 1. The van der Waals surface area contributed by atoms with Crippen molar-refractivity contribution in [3.05, 3.63) is 59.9 Å². The molecular formula is C18H15F4NO2. The summed E-state index contributed by atoms with van der Waals surface area (Å²) in [6.45, 7) is -1.44. The van der Waals surface area contributed by atoms with Crippen LogP contribution in [0.2, 0.25) is 0 Å².